The summed E-state index contributed by atoms with van der Waals surface area (Å²) in [5.41, 5.74) is 8.73. The topological polar surface area (TPSA) is 132 Å². The molecule has 28 heavy (non-hydrogen) atoms. The molecule has 9 nitrogen and oxygen atoms in total. The molecule has 0 spiro atoms. The van der Waals surface area contributed by atoms with Gasteiger partial charge in [-0.25, -0.2) is 4.79 Å². The third-order valence-corrected chi connectivity index (χ3v) is 9.32. The number of ether oxygens (including phenoxy) is 1. The lowest BCUT2D eigenvalue weighted by molar-refractivity contribution is -0.384. The first-order valence-electron chi connectivity index (χ1n) is 8.59. The minimum Gasteiger partial charge on any atom is -0.460 e. The van der Waals surface area contributed by atoms with Gasteiger partial charge in [-0.15, -0.1) is 0 Å². The van der Waals surface area contributed by atoms with Crippen molar-refractivity contribution in [2.45, 2.75) is 51.4 Å². The van der Waals surface area contributed by atoms with Crippen molar-refractivity contribution in [2.75, 3.05) is 7.11 Å². The van der Waals surface area contributed by atoms with E-state index in [4.69, 9.17) is 9.96 Å². The number of nitrogens with zero attached hydrogens (tertiary/aromatic N) is 3. The summed E-state index contributed by atoms with van der Waals surface area (Å²) < 4.78 is 10.8. The minimum atomic E-state index is -2.34. The Morgan fingerprint density at radius 2 is 1.79 bits per heavy atom. The largest absolute Gasteiger partial charge is 0.460 e. The van der Waals surface area contributed by atoms with Crippen LogP contribution in [0.1, 0.15) is 38.9 Å². The van der Waals surface area contributed by atoms with Gasteiger partial charge in [-0.05, 0) is 35.8 Å². The van der Waals surface area contributed by atoms with Crippen molar-refractivity contribution in [3.63, 3.8) is 0 Å². The first-order chi connectivity index (χ1) is 12.8. The maximum Gasteiger partial charge on any atom is 0.441 e. The van der Waals surface area contributed by atoms with Crippen molar-refractivity contribution in [1.82, 2.24) is 0 Å². The Balaban J connectivity index is 3.28. The second-order valence-electron chi connectivity index (χ2n) is 7.78. The molecular weight excluding hydrogens is 382 g/mol. The minimum absolute atomic E-state index is 0.0895. The van der Waals surface area contributed by atoms with Crippen molar-refractivity contribution in [3.8, 4) is 0 Å². The average molecular weight is 407 g/mol. The van der Waals surface area contributed by atoms with Crippen LogP contribution in [0.2, 0.25) is 18.1 Å². The fourth-order valence-corrected chi connectivity index (χ4v) is 3.43. The van der Waals surface area contributed by atoms with Gasteiger partial charge in [-0.3, -0.25) is 14.9 Å². The Bertz CT molecular complexity index is 808. The van der Waals surface area contributed by atoms with Crippen LogP contribution in [-0.2, 0) is 18.8 Å². The van der Waals surface area contributed by atoms with Crippen LogP contribution in [0, 0.1) is 10.1 Å². The van der Waals surface area contributed by atoms with Crippen LogP contribution in [-0.4, -0.2) is 42.6 Å². The standard InChI is InChI=1S/C18H25N3O6Si/c1-18(2,3)28(5,6)27-15(11-14(22)16(20-19)17(23)26-4)12-7-9-13(10-8-12)21(24)25/h7-10,15H,11H2,1-6H3. The second kappa shape index (κ2) is 9.00. The molecule has 0 saturated carbocycles. The van der Waals surface area contributed by atoms with Crippen LogP contribution in [0.5, 0.6) is 0 Å². The van der Waals surface area contributed by atoms with E-state index < -0.39 is 36.8 Å². The Kier molecular flexibility index (Phi) is 7.51. The summed E-state index contributed by atoms with van der Waals surface area (Å²) in [6, 6.07) is 5.67. The number of hydrogen-bond acceptors (Lipinski definition) is 6. The Morgan fingerprint density at radius 3 is 2.18 bits per heavy atom. The molecule has 1 unspecified atom stereocenters. The van der Waals surface area contributed by atoms with Gasteiger partial charge in [0.05, 0.1) is 18.1 Å². The smallest absolute Gasteiger partial charge is 0.441 e. The van der Waals surface area contributed by atoms with Crippen molar-refractivity contribution < 1.29 is 28.5 Å². The van der Waals surface area contributed by atoms with E-state index >= 15 is 0 Å². The van der Waals surface area contributed by atoms with Gasteiger partial charge in [0.25, 0.3) is 11.5 Å². The summed E-state index contributed by atoms with van der Waals surface area (Å²) in [6.07, 6.45) is -1.05. The highest BCUT2D eigenvalue weighted by Crippen LogP contribution is 2.40. The molecule has 0 aliphatic rings. The molecule has 0 aromatic heterocycles. The van der Waals surface area contributed by atoms with Gasteiger partial charge in [-0.1, -0.05) is 20.8 Å². The summed E-state index contributed by atoms with van der Waals surface area (Å²) >= 11 is 0. The van der Waals surface area contributed by atoms with Crippen LogP contribution >= 0.6 is 0 Å². The number of Topliss-reactive ketones (excluding diaryl/α,β-unsaturated/α-hetero) is 1. The van der Waals surface area contributed by atoms with E-state index in [1.54, 1.807) is 0 Å². The van der Waals surface area contributed by atoms with E-state index in [1.807, 2.05) is 33.9 Å². The number of benzene rings is 1. The lowest BCUT2D eigenvalue weighted by Crippen LogP contribution is -2.42. The molecule has 10 heteroatoms. The van der Waals surface area contributed by atoms with E-state index in [0.717, 1.165) is 7.11 Å². The maximum absolute atomic E-state index is 12.5. The summed E-state index contributed by atoms with van der Waals surface area (Å²) in [5.74, 6) is -1.81. The molecule has 1 rings (SSSR count). The highest BCUT2D eigenvalue weighted by atomic mass is 28.4. The van der Waals surface area contributed by atoms with Crippen LogP contribution in [0.25, 0.3) is 5.53 Å². The van der Waals surface area contributed by atoms with E-state index in [1.165, 1.54) is 24.3 Å². The van der Waals surface area contributed by atoms with E-state index in [-0.39, 0.29) is 17.1 Å². The molecule has 0 aliphatic carbocycles. The SMILES string of the molecule is COC(=O)C(=[N+]=[N-])C(=O)CC(O[Si](C)(C)C(C)(C)C)c1ccc([N+](=O)[O-])cc1. The maximum atomic E-state index is 12.5. The molecule has 0 fully saturated rings. The molecule has 152 valence electrons. The number of non-ortho nitro benzene ring substituents is 1. The highest BCUT2D eigenvalue weighted by molar-refractivity contribution is 6.74. The van der Waals surface area contributed by atoms with E-state index in [0.29, 0.717) is 5.56 Å². The van der Waals surface area contributed by atoms with Crippen LogP contribution in [0.15, 0.2) is 24.3 Å². The van der Waals surface area contributed by atoms with Crippen LogP contribution in [0.4, 0.5) is 5.69 Å². The fourth-order valence-electron chi connectivity index (χ4n) is 2.14. The first kappa shape index (κ1) is 23.4. The average Bonchev–Trinajstić information content (AvgIpc) is 2.60. The number of rotatable bonds is 8. The molecule has 1 atom stereocenters. The zero-order valence-corrected chi connectivity index (χ0v) is 17.9. The fraction of sp³-hybridized carbons (Fsp3) is 0.500. The molecule has 0 bridgehead atoms. The first-order valence-corrected chi connectivity index (χ1v) is 11.5. The highest BCUT2D eigenvalue weighted by Gasteiger charge is 2.41. The second-order valence-corrected chi connectivity index (χ2v) is 12.5. The molecular formula is C18H25N3O6Si. The van der Waals surface area contributed by atoms with Crippen molar-refractivity contribution >= 4 is 31.5 Å². The van der Waals surface area contributed by atoms with Crippen molar-refractivity contribution in [1.29, 1.82) is 0 Å². The molecule has 0 radical (unpaired) electrons. The zero-order chi connectivity index (χ0) is 21.7. The lowest BCUT2D eigenvalue weighted by atomic mass is 10.0. The summed E-state index contributed by atoms with van der Waals surface area (Å²) in [4.78, 5) is 37.2. The number of nitro benzene ring substituents is 1. The molecule has 0 heterocycles. The number of esters is 1. The van der Waals surface area contributed by atoms with Crippen molar-refractivity contribution in [2.24, 2.45) is 0 Å². The van der Waals surface area contributed by atoms with Gasteiger partial charge in [-0.2, -0.15) is 4.79 Å². The van der Waals surface area contributed by atoms with Gasteiger partial charge in [0.1, 0.15) is 0 Å². The summed E-state index contributed by atoms with van der Waals surface area (Å²) in [6.45, 7) is 10.1. The third kappa shape index (κ3) is 5.65. The molecule has 0 saturated heterocycles. The molecule has 0 amide bonds. The normalized spacial score (nSPS) is 12.6. The van der Waals surface area contributed by atoms with Crippen LogP contribution < -0.4 is 0 Å². The number of nitro groups is 1. The monoisotopic (exact) mass is 407 g/mol. The lowest BCUT2D eigenvalue weighted by Gasteiger charge is -2.39. The third-order valence-electron chi connectivity index (χ3n) is 4.83. The summed E-state index contributed by atoms with van der Waals surface area (Å²) in [7, 11) is -1.27. The molecule has 0 N–H and O–H groups in total. The number of ketones is 1. The molecule has 1 aromatic carbocycles. The number of hydrogen-bond donors (Lipinski definition) is 0. The van der Waals surface area contributed by atoms with Gasteiger partial charge in [0, 0.05) is 18.6 Å². The Morgan fingerprint density at radius 1 is 1.25 bits per heavy atom. The van der Waals surface area contributed by atoms with E-state index in [9.17, 15) is 19.7 Å². The Labute approximate surface area is 164 Å². The molecule has 1 aromatic rings. The van der Waals surface area contributed by atoms with Gasteiger partial charge < -0.3 is 14.7 Å². The Hall–Kier alpha value is -2.68. The van der Waals surface area contributed by atoms with Gasteiger partial charge in [0.2, 0.25) is 0 Å². The van der Waals surface area contributed by atoms with Crippen molar-refractivity contribution in [3.05, 3.63) is 45.5 Å². The van der Waals surface area contributed by atoms with E-state index in [2.05, 4.69) is 9.53 Å². The predicted octanol–water partition coefficient (Wildman–Crippen LogP) is 3.46. The summed E-state index contributed by atoms with van der Waals surface area (Å²) in [5, 5.41) is 10.7. The predicted molar refractivity (Wildman–Crippen MR) is 104 cm³/mol. The quantitative estimate of drug-likeness (QED) is 0.0947. The number of methoxy groups -OCH3 is 1. The number of carbonyl (C=O) groups excluding carboxylic acids is 2. The zero-order valence-electron chi connectivity index (χ0n) is 16.9. The number of carbonyl (C=O) groups is 2. The van der Waals surface area contributed by atoms with Gasteiger partial charge in [0.15, 0.2) is 8.32 Å². The van der Waals surface area contributed by atoms with Crippen LogP contribution in [0.3, 0.4) is 0 Å². The van der Waals surface area contributed by atoms with Gasteiger partial charge >= 0.3 is 11.7 Å². The molecule has 0 aliphatic heterocycles.